The fourth-order valence-electron chi connectivity index (χ4n) is 3.60. The van der Waals surface area contributed by atoms with Crippen LogP contribution in [0.1, 0.15) is 6.42 Å². The minimum absolute atomic E-state index is 0.0581. The van der Waals surface area contributed by atoms with E-state index in [0.29, 0.717) is 37.6 Å². The van der Waals surface area contributed by atoms with Crippen LogP contribution in [0.25, 0.3) is 0 Å². The van der Waals surface area contributed by atoms with Crippen molar-refractivity contribution in [2.45, 2.75) is 6.42 Å². The van der Waals surface area contributed by atoms with Gasteiger partial charge in [-0.3, -0.25) is 23.6 Å². The number of ether oxygens (including phenoxy) is 1. The maximum absolute atomic E-state index is 12.1. The van der Waals surface area contributed by atoms with Gasteiger partial charge in [-0.25, -0.2) is 13.2 Å². The Labute approximate surface area is 186 Å². The molecule has 2 N–H and O–H groups in total. The number of nitrogens with one attached hydrogen (secondary N) is 1. The van der Waals surface area contributed by atoms with Gasteiger partial charge in [-0.2, -0.15) is 0 Å². The van der Waals surface area contributed by atoms with Crippen molar-refractivity contribution in [3.8, 4) is 11.5 Å². The molecule has 0 unspecified atom stereocenters. The van der Waals surface area contributed by atoms with Crippen LogP contribution >= 0.6 is 0 Å². The number of benzene rings is 1. The lowest BCUT2D eigenvalue weighted by atomic mass is 10.2. The van der Waals surface area contributed by atoms with E-state index in [0.717, 1.165) is 30.5 Å². The molecule has 0 saturated carbocycles. The predicted molar refractivity (Wildman–Crippen MR) is 122 cm³/mol. The molecule has 1 aromatic carbocycles. The molecule has 12 heteroatoms. The average Bonchev–Trinajstić information content (AvgIpc) is 2.74. The number of phenolic OH excluding ortho intramolecular Hbond substituents is 1. The van der Waals surface area contributed by atoms with Crippen LogP contribution in [0.5, 0.6) is 11.5 Å². The van der Waals surface area contributed by atoms with Gasteiger partial charge in [0, 0.05) is 59.0 Å². The van der Waals surface area contributed by atoms with Gasteiger partial charge in [-0.1, -0.05) is 0 Å². The van der Waals surface area contributed by atoms with Crippen molar-refractivity contribution >= 4 is 21.5 Å². The van der Waals surface area contributed by atoms with Crippen molar-refractivity contribution < 1.29 is 18.3 Å². The van der Waals surface area contributed by atoms with E-state index in [1.54, 1.807) is 7.05 Å². The summed E-state index contributed by atoms with van der Waals surface area (Å²) >= 11 is 0. The molecule has 1 saturated heterocycles. The Balaban J connectivity index is 1.48. The van der Waals surface area contributed by atoms with Gasteiger partial charge in [-0.15, -0.1) is 0 Å². The van der Waals surface area contributed by atoms with E-state index in [2.05, 4.69) is 9.62 Å². The Kier molecular flexibility index (Phi) is 7.14. The van der Waals surface area contributed by atoms with Gasteiger partial charge in [0.25, 0.3) is 5.56 Å². The number of piperazine rings is 1. The summed E-state index contributed by atoms with van der Waals surface area (Å²) in [5.41, 5.74) is -0.338. The molecule has 0 amide bonds. The van der Waals surface area contributed by atoms with Crippen LogP contribution < -0.4 is 25.6 Å². The zero-order chi connectivity index (χ0) is 23.5. The van der Waals surface area contributed by atoms with Crippen LogP contribution in [0.4, 0.5) is 11.5 Å². The second-order valence-corrected chi connectivity index (χ2v) is 9.58. The highest BCUT2D eigenvalue weighted by Gasteiger charge is 2.20. The van der Waals surface area contributed by atoms with Gasteiger partial charge in [-0.05, 0) is 18.6 Å². The van der Waals surface area contributed by atoms with E-state index in [1.165, 1.54) is 35.9 Å². The molecule has 0 radical (unpaired) electrons. The number of sulfonamides is 1. The van der Waals surface area contributed by atoms with Crippen LogP contribution in [-0.2, 0) is 24.1 Å². The molecule has 1 aliphatic rings. The largest absolute Gasteiger partial charge is 0.504 e. The average molecular weight is 468 g/mol. The van der Waals surface area contributed by atoms with Gasteiger partial charge in [0.2, 0.25) is 10.0 Å². The van der Waals surface area contributed by atoms with Gasteiger partial charge >= 0.3 is 5.69 Å². The van der Waals surface area contributed by atoms with Crippen LogP contribution in [0, 0.1) is 0 Å². The zero-order valence-electron chi connectivity index (χ0n) is 18.4. The standard InChI is InChI=1S/C20H29N5O6S/c1-22-18(14-19(27)23(2)20(22)28)25-10-8-24(9-11-25)7-4-12-31-17-13-15(5-6-16(17)26)21-32(3,29)30/h5-6,13-14,21,26H,4,7-12H2,1-3H3. The monoisotopic (exact) mass is 467 g/mol. The van der Waals surface area contributed by atoms with Crippen molar-refractivity contribution in [1.82, 2.24) is 14.0 Å². The Morgan fingerprint density at radius 2 is 1.75 bits per heavy atom. The number of nitrogens with zero attached hydrogens (tertiary/aromatic N) is 4. The number of aromatic hydroxyl groups is 1. The molecule has 1 fully saturated rings. The van der Waals surface area contributed by atoms with E-state index < -0.39 is 10.0 Å². The predicted octanol–water partition coefficient (Wildman–Crippen LogP) is -0.248. The van der Waals surface area contributed by atoms with Crippen LogP contribution in [0.15, 0.2) is 33.9 Å². The van der Waals surface area contributed by atoms with E-state index in [-0.39, 0.29) is 22.7 Å². The summed E-state index contributed by atoms with van der Waals surface area (Å²) in [6.45, 7) is 4.10. The second kappa shape index (κ2) is 9.65. The molecule has 11 nitrogen and oxygen atoms in total. The van der Waals surface area contributed by atoms with Crippen LogP contribution in [0.3, 0.4) is 0 Å². The second-order valence-electron chi connectivity index (χ2n) is 7.83. The van der Waals surface area contributed by atoms with E-state index in [4.69, 9.17) is 4.74 Å². The molecule has 0 bridgehead atoms. The number of phenols is 1. The lowest BCUT2D eigenvalue weighted by molar-refractivity contribution is 0.221. The highest BCUT2D eigenvalue weighted by atomic mass is 32.2. The molecule has 1 aromatic heterocycles. The number of anilines is 2. The minimum atomic E-state index is -3.42. The summed E-state index contributed by atoms with van der Waals surface area (Å²) in [6.07, 6.45) is 1.77. The Morgan fingerprint density at radius 1 is 1.06 bits per heavy atom. The fraction of sp³-hybridized carbons (Fsp3) is 0.500. The van der Waals surface area contributed by atoms with Gasteiger partial charge in [0.1, 0.15) is 5.82 Å². The summed E-state index contributed by atoms with van der Waals surface area (Å²) in [4.78, 5) is 28.4. The molecule has 32 heavy (non-hydrogen) atoms. The third kappa shape index (κ3) is 5.82. The van der Waals surface area contributed by atoms with Crippen molar-refractivity contribution in [1.29, 1.82) is 0 Å². The molecule has 1 aliphatic heterocycles. The summed E-state index contributed by atoms with van der Waals surface area (Å²) in [5, 5.41) is 9.93. The molecule has 176 valence electrons. The first-order chi connectivity index (χ1) is 15.0. The van der Waals surface area contributed by atoms with Crippen molar-refractivity contribution in [3.63, 3.8) is 0 Å². The molecule has 0 atom stereocenters. The SMILES string of the molecule is Cn1c(N2CCN(CCCOc3cc(NS(C)(=O)=O)ccc3O)CC2)cc(=O)n(C)c1=O. The lowest BCUT2D eigenvalue weighted by Gasteiger charge is -2.36. The van der Waals surface area contributed by atoms with Crippen LogP contribution in [0.2, 0.25) is 0 Å². The smallest absolute Gasteiger partial charge is 0.332 e. The van der Waals surface area contributed by atoms with Crippen molar-refractivity contribution in [2.75, 3.05) is 55.2 Å². The topological polar surface area (TPSA) is 126 Å². The zero-order valence-corrected chi connectivity index (χ0v) is 19.3. The quantitative estimate of drug-likeness (QED) is 0.402. The highest BCUT2D eigenvalue weighted by Crippen LogP contribution is 2.29. The number of rotatable bonds is 8. The number of aromatic nitrogens is 2. The summed E-state index contributed by atoms with van der Waals surface area (Å²) in [5.74, 6) is 0.784. The first kappa shape index (κ1) is 23.7. The maximum Gasteiger partial charge on any atom is 0.332 e. The third-order valence-electron chi connectivity index (χ3n) is 5.34. The highest BCUT2D eigenvalue weighted by molar-refractivity contribution is 7.92. The van der Waals surface area contributed by atoms with Crippen LogP contribution in [-0.4, -0.2) is 73.1 Å². The molecule has 3 rings (SSSR count). The van der Waals surface area contributed by atoms with E-state index >= 15 is 0 Å². The van der Waals surface area contributed by atoms with Gasteiger partial charge < -0.3 is 14.7 Å². The molecule has 0 spiro atoms. The summed E-state index contributed by atoms with van der Waals surface area (Å²) < 4.78 is 33.3. The lowest BCUT2D eigenvalue weighted by Crippen LogP contribution is -2.49. The Morgan fingerprint density at radius 3 is 2.41 bits per heavy atom. The molecule has 0 aliphatic carbocycles. The van der Waals surface area contributed by atoms with E-state index in [9.17, 15) is 23.1 Å². The van der Waals surface area contributed by atoms with Gasteiger partial charge in [0.05, 0.1) is 18.6 Å². The molecular formula is C20H29N5O6S. The summed E-state index contributed by atoms with van der Waals surface area (Å²) in [6, 6.07) is 5.78. The minimum Gasteiger partial charge on any atom is -0.504 e. The summed E-state index contributed by atoms with van der Waals surface area (Å²) in [7, 11) is -0.288. The van der Waals surface area contributed by atoms with Crippen molar-refractivity contribution in [3.05, 3.63) is 45.1 Å². The first-order valence-electron chi connectivity index (χ1n) is 10.2. The maximum atomic E-state index is 12.1. The third-order valence-corrected chi connectivity index (χ3v) is 5.94. The fourth-order valence-corrected chi connectivity index (χ4v) is 4.16. The molecular weight excluding hydrogens is 438 g/mol. The van der Waals surface area contributed by atoms with Gasteiger partial charge in [0.15, 0.2) is 11.5 Å². The number of hydrogen-bond acceptors (Lipinski definition) is 8. The number of hydrogen-bond donors (Lipinski definition) is 2. The molecule has 2 aromatic rings. The Bertz CT molecular complexity index is 1180. The normalized spacial score (nSPS) is 15.0. The van der Waals surface area contributed by atoms with Crippen molar-refractivity contribution in [2.24, 2.45) is 14.1 Å². The first-order valence-corrected chi connectivity index (χ1v) is 12.1. The Hall–Kier alpha value is -2.99. The molecule has 2 heterocycles. The van der Waals surface area contributed by atoms with E-state index in [1.807, 2.05) is 4.90 Å².